The molecule has 0 aliphatic carbocycles. The maximum atomic E-state index is 11.7. The number of pyridine rings is 1. The topological polar surface area (TPSA) is 88.2 Å². The van der Waals surface area contributed by atoms with Gasteiger partial charge in [-0.15, -0.1) is 0 Å². The molecule has 0 aliphatic rings. The van der Waals surface area contributed by atoms with Gasteiger partial charge in [-0.25, -0.2) is 13.1 Å². The first-order chi connectivity index (χ1) is 8.40. The Bertz CT molecular complexity index is 519. The van der Waals surface area contributed by atoms with Crippen LogP contribution in [-0.4, -0.2) is 38.7 Å². The Balaban J connectivity index is 2.33. The Morgan fingerprint density at radius 1 is 1.44 bits per heavy atom. The molecule has 0 saturated heterocycles. The number of nitrogens with zero attached hydrogens (tertiary/aromatic N) is 1. The van der Waals surface area contributed by atoms with Crippen LogP contribution in [0.25, 0.3) is 0 Å². The number of hydrogen-bond acceptors (Lipinski definition) is 4. The van der Waals surface area contributed by atoms with Gasteiger partial charge in [-0.2, -0.15) is 0 Å². The van der Waals surface area contributed by atoms with Crippen LogP contribution in [0.5, 0.6) is 0 Å². The number of halogens is 1. The van der Waals surface area contributed by atoms with Gasteiger partial charge in [0.2, 0.25) is 10.0 Å². The molecule has 18 heavy (non-hydrogen) atoms. The second-order valence-corrected chi connectivity index (χ2v) is 5.87. The Morgan fingerprint density at radius 3 is 2.78 bits per heavy atom. The van der Waals surface area contributed by atoms with Crippen LogP contribution < -0.4 is 10.0 Å². The van der Waals surface area contributed by atoms with Gasteiger partial charge in [-0.05, 0) is 12.5 Å². The largest absolute Gasteiger partial charge is 0.352 e. The molecule has 0 spiro atoms. The van der Waals surface area contributed by atoms with Gasteiger partial charge in [0, 0.05) is 25.5 Å². The number of sulfonamides is 1. The molecular weight excluding hydrogens is 278 g/mol. The van der Waals surface area contributed by atoms with Crippen LogP contribution in [0, 0.1) is 0 Å². The third kappa shape index (κ3) is 5.44. The summed E-state index contributed by atoms with van der Waals surface area (Å²) in [6, 6.07) is 1.53. The van der Waals surface area contributed by atoms with E-state index in [-0.39, 0.29) is 12.5 Å². The lowest BCUT2D eigenvalue weighted by atomic mass is 10.2. The second-order valence-electron chi connectivity index (χ2n) is 3.63. The van der Waals surface area contributed by atoms with E-state index in [4.69, 9.17) is 11.6 Å². The minimum Gasteiger partial charge on any atom is -0.352 e. The van der Waals surface area contributed by atoms with Crippen molar-refractivity contribution in [3.05, 3.63) is 29.0 Å². The van der Waals surface area contributed by atoms with Crippen LogP contribution in [0.1, 0.15) is 16.8 Å². The fourth-order valence-corrected chi connectivity index (χ4v) is 1.89. The van der Waals surface area contributed by atoms with Crippen molar-refractivity contribution in [2.45, 2.75) is 6.42 Å². The Labute approximate surface area is 111 Å². The normalized spacial score (nSPS) is 11.2. The summed E-state index contributed by atoms with van der Waals surface area (Å²) in [5.74, 6) is -0.326. The highest BCUT2D eigenvalue weighted by Crippen LogP contribution is 2.12. The van der Waals surface area contributed by atoms with Gasteiger partial charge in [-0.1, -0.05) is 11.6 Å². The van der Waals surface area contributed by atoms with Gasteiger partial charge in [0.25, 0.3) is 5.91 Å². The molecule has 1 aromatic heterocycles. The Hall–Kier alpha value is -1.18. The lowest BCUT2D eigenvalue weighted by Crippen LogP contribution is -2.29. The van der Waals surface area contributed by atoms with Crippen LogP contribution in [0.15, 0.2) is 18.5 Å². The molecule has 0 unspecified atom stereocenters. The van der Waals surface area contributed by atoms with Gasteiger partial charge in [0.15, 0.2) is 0 Å². The lowest BCUT2D eigenvalue weighted by molar-refractivity contribution is 0.0953. The van der Waals surface area contributed by atoms with E-state index < -0.39 is 10.0 Å². The molecule has 0 fully saturated rings. The van der Waals surface area contributed by atoms with Gasteiger partial charge in [0.1, 0.15) is 0 Å². The fraction of sp³-hybridized carbons (Fsp3) is 0.400. The molecule has 0 atom stereocenters. The Kier molecular flexibility index (Phi) is 5.52. The van der Waals surface area contributed by atoms with E-state index in [2.05, 4.69) is 15.0 Å². The molecule has 1 heterocycles. The minimum atomic E-state index is -3.18. The average molecular weight is 292 g/mol. The van der Waals surface area contributed by atoms with Crippen molar-refractivity contribution in [2.24, 2.45) is 0 Å². The minimum absolute atomic E-state index is 0.278. The van der Waals surface area contributed by atoms with Crippen LogP contribution in [0.2, 0.25) is 5.02 Å². The first-order valence-corrected chi connectivity index (χ1v) is 7.49. The van der Waals surface area contributed by atoms with Gasteiger partial charge in [0.05, 0.1) is 16.8 Å². The zero-order chi connectivity index (χ0) is 13.6. The molecule has 1 aromatic rings. The van der Waals surface area contributed by atoms with Gasteiger partial charge < -0.3 is 5.32 Å². The highest BCUT2D eigenvalue weighted by Gasteiger charge is 2.09. The van der Waals surface area contributed by atoms with Crippen molar-refractivity contribution >= 4 is 27.5 Å². The van der Waals surface area contributed by atoms with Crippen LogP contribution in [-0.2, 0) is 10.0 Å². The average Bonchev–Trinajstić information content (AvgIpc) is 2.27. The molecule has 0 aliphatic heterocycles. The molecule has 0 aromatic carbocycles. The van der Waals surface area contributed by atoms with Crippen molar-refractivity contribution in [1.82, 2.24) is 15.0 Å². The first kappa shape index (κ1) is 14.9. The van der Waals surface area contributed by atoms with Gasteiger partial charge in [-0.3, -0.25) is 9.78 Å². The standard InChI is InChI=1S/C10H14ClN3O3S/c1-18(16,17)14-5-2-4-13-10(15)8-7-12-6-3-9(8)11/h3,6-7,14H,2,4-5H2,1H3,(H,13,15). The first-order valence-electron chi connectivity index (χ1n) is 5.22. The molecule has 1 amide bonds. The zero-order valence-electron chi connectivity index (χ0n) is 9.81. The van der Waals surface area contributed by atoms with E-state index in [9.17, 15) is 13.2 Å². The fourth-order valence-electron chi connectivity index (χ4n) is 1.19. The van der Waals surface area contributed by atoms with Crippen LogP contribution >= 0.6 is 11.6 Å². The lowest BCUT2D eigenvalue weighted by Gasteiger charge is -2.06. The van der Waals surface area contributed by atoms with Crippen LogP contribution in [0.3, 0.4) is 0 Å². The molecular formula is C10H14ClN3O3S. The maximum absolute atomic E-state index is 11.7. The maximum Gasteiger partial charge on any atom is 0.254 e. The summed E-state index contributed by atoms with van der Waals surface area (Å²) in [5, 5.41) is 2.96. The molecule has 1 rings (SSSR count). The monoisotopic (exact) mass is 291 g/mol. The molecule has 6 nitrogen and oxygen atoms in total. The van der Waals surface area contributed by atoms with Crippen LogP contribution in [0.4, 0.5) is 0 Å². The van der Waals surface area contributed by atoms with E-state index >= 15 is 0 Å². The van der Waals surface area contributed by atoms with E-state index in [0.29, 0.717) is 23.6 Å². The van der Waals surface area contributed by atoms with E-state index in [1.807, 2.05) is 0 Å². The predicted molar refractivity (Wildman–Crippen MR) is 69.0 cm³/mol. The third-order valence-corrected chi connectivity index (χ3v) is 3.07. The number of hydrogen-bond donors (Lipinski definition) is 2. The summed E-state index contributed by atoms with van der Waals surface area (Å²) in [5.41, 5.74) is 0.301. The highest BCUT2D eigenvalue weighted by molar-refractivity contribution is 7.88. The summed E-state index contributed by atoms with van der Waals surface area (Å²) in [6.07, 6.45) is 4.46. The Morgan fingerprint density at radius 2 is 2.17 bits per heavy atom. The molecule has 0 bridgehead atoms. The van der Waals surface area contributed by atoms with Crippen molar-refractivity contribution in [2.75, 3.05) is 19.3 Å². The highest BCUT2D eigenvalue weighted by atomic mass is 35.5. The molecule has 0 radical (unpaired) electrons. The molecule has 100 valence electrons. The SMILES string of the molecule is CS(=O)(=O)NCCCNC(=O)c1cnccc1Cl. The summed E-state index contributed by atoms with van der Waals surface area (Å²) in [6.45, 7) is 0.631. The molecule has 8 heteroatoms. The predicted octanol–water partition coefficient (Wildman–Crippen LogP) is 0.404. The number of carbonyl (C=O) groups is 1. The smallest absolute Gasteiger partial charge is 0.254 e. The zero-order valence-corrected chi connectivity index (χ0v) is 11.4. The van der Waals surface area contributed by atoms with Crippen molar-refractivity contribution in [1.29, 1.82) is 0 Å². The van der Waals surface area contributed by atoms with E-state index in [1.165, 1.54) is 18.5 Å². The summed E-state index contributed by atoms with van der Waals surface area (Å²) in [4.78, 5) is 15.5. The molecule has 2 N–H and O–H groups in total. The quantitative estimate of drug-likeness (QED) is 0.743. The summed E-state index contributed by atoms with van der Waals surface area (Å²) >= 11 is 5.83. The summed E-state index contributed by atoms with van der Waals surface area (Å²) < 4.78 is 23.9. The molecule has 0 saturated carbocycles. The number of aromatic nitrogens is 1. The number of nitrogens with one attached hydrogen (secondary N) is 2. The summed E-state index contributed by atoms with van der Waals surface area (Å²) in [7, 11) is -3.18. The number of rotatable bonds is 6. The van der Waals surface area contributed by atoms with Gasteiger partial charge >= 0.3 is 0 Å². The number of amides is 1. The second kappa shape index (κ2) is 6.67. The van der Waals surface area contributed by atoms with E-state index in [0.717, 1.165) is 6.26 Å². The number of carbonyl (C=O) groups excluding carboxylic acids is 1. The van der Waals surface area contributed by atoms with E-state index in [1.54, 1.807) is 0 Å². The third-order valence-electron chi connectivity index (χ3n) is 2.02. The van der Waals surface area contributed by atoms with Crippen molar-refractivity contribution < 1.29 is 13.2 Å². The van der Waals surface area contributed by atoms with Crippen molar-refractivity contribution in [3.8, 4) is 0 Å². The van der Waals surface area contributed by atoms with Crippen molar-refractivity contribution in [3.63, 3.8) is 0 Å².